The Labute approximate surface area is 271 Å². The lowest BCUT2D eigenvalue weighted by atomic mass is 10.2. The summed E-state index contributed by atoms with van der Waals surface area (Å²) in [5.41, 5.74) is 0.573. The molecule has 2 unspecified atom stereocenters. The summed E-state index contributed by atoms with van der Waals surface area (Å²) >= 11 is 0. The van der Waals surface area contributed by atoms with Crippen LogP contribution >= 0.6 is 29.9 Å². The lowest BCUT2D eigenvalue weighted by molar-refractivity contribution is 0.0696. The van der Waals surface area contributed by atoms with Gasteiger partial charge in [-0.25, -0.2) is 4.79 Å². The predicted molar refractivity (Wildman–Crippen MR) is 179 cm³/mol. The Hall–Kier alpha value is -1.74. The number of rotatable bonds is 20. The second-order valence-corrected chi connectivity index (χ2v) is 19.3. The number of Topliss-reactive ketones (excluding diaryl/α,β-unsaturated/α-hetero) is 1. The summed E-state index contributed by atoms with van der Waals surface area (Å²) in [5, 5.41) is 9.60. The minimum absolute atomic E-state index is 0.0644. The highest BCUT2D eigenvalue weighted by Crippen LogP contribution is 2.63. The molecule has 0 saturated heterocycles. The first-order valence-electron chi connectivity index (χ1n) is 14.8. The highest BCUT2D eigenvalue weighted by molar-refractivity contribution is 7.79. The van der Waals surface area contributed by atoms with Crippen LogP contribution < -0.4 is 10.6 Å². The molecule has 13 nitrogen and oxygen atoms in total. The molecule has 0 saturated carbocycles. The van der Waals surface area contributed by atoms with Gasteiger partial charge < -0.3 is 32.2 Å². The smallest absolute Gasteiger partial charge is 0.340 e. The maximum absolute atomic E-state index is 13.2. The number of carboxylic acid groups (broad SMARTS) is 1. The van der Waals surface area contributed by atoms with Crippen LogP contribution in [0.4, 0.5) is 0 Å². The fourth-order valence-corrected chi connectivity index (χ4v) is 15.0. The van der Waals surface area contributed by atoms with Gasteiger partial charge in [-0.3, -0.25) is 23.1 Å². The number of hydrogen-bond donors (Lipinski definition) is 1. The molecule has 2 rings (SSSR count). The van der Waals surface area contributed by atoms with E-state index in [0.29, 0.717) is 10.9 Å². The Morgan fingerprint density at radius 1 is 0.522 bits per heavy atom. The fraction of sp³-hybridized carbons (Fsp3) is 0.517. The zero-order chi connectivity index (χ0) is 35.0. The minimum atomic E-state index is -3.57. The van der Waals surface area contributed by atoms with Gasteiger partial charge in [0.05, 0.1) is 45.2 Å². The Morgan fingerprint density at radius 2 is 0.804 bits per heavy atom. The van der Waals surface area contributed by atoms with Crippen LogP contribution in [0.1, 0.15) is 69.2 Å². The molecular formula is C29H46O13P4. The summed E-state index contributed by atoms with van der Waals surface area (Å²) in [6.45, 7) is 12.6. The highest BCUT2D eigenvalue weighted by atomic mass is 31.2. The van der Waals surface area contributed by atoms with Gasteiger partial charge >= 0.3 is 21.2 Å². The predicted octanol–water partition coefficient (Wildman–Crippen LogP) is 7.60. The summed E-state index contributed by atoms with van der Waals surface area (Å²) in [6, 6.07) is 11.8. The van der Waals surface area contributed by atoms with Gasteiger partial charge in [0.15, 0.2) is 5.78 Å². The lowest BCUT2D eigenvalue weighted by Crippen LogP contribution is -2.13. The topological polar surface area (TPSA) is 178 Å². The van der Waals surface area contributed by atoms with E-state index < -0.39 is 35.9 Å². The van der Waals surface area contributed by atoms with Crippen LogP contribution in [0.3, 0.4) is 0 Å². The number of carbonyl (C=O) groups is 2. The van der Waals surface area contributed by atoms with Crippen molar-refractivity contribution >= 4 is 52.3 Å². The molecule has 2 atom stereocenters. The van der Waals surface area contributed by atoms with Crippen molar-refractivity contribution in [2.24, 2.45) is 0 Å². The van der Waals surface area contributed by atoms with E-state index in [-0.39, 0.29) is 68.1 Å². The Balaban J connectivity index is 0.000000460. The van der Waals surface area contributed by atoms with Crippen LogP contribution in [0, 0.1) is 0 Å². The molecule has 0 aliphatic rings. The van der Waals surface area contributed by atoms with Gasteiger partial charge in [0.2, 0.25) is 14.7 Å². The molecule has 1 N–H and O–H groups in total. The molecule has 0 fully saturated rings. The molecule has 0 heterocycles. The monoisotopic (exact) mass is 726 g/mol. The number of aromatic carboxylic acids is 1. The van der Waals surface area contributed by atoms with Crippen molar-refractivity contribution < 1.29 is 60.1 Å². The summed E-state index contributed by atoms with van der Waals surface area (Å²) in [6.07, 6.45) is 0. The van der Waals surface area contributed by atoms with Gasteiger partial charge in [-0.05, 0) is 84.9 Å². The first kappa shape index (κ1) is 42.3. The van der Waals surface area contributed by atoms with Gasteiger partial charge in [-0.1, -0.05) is 12.1 Å². The molecule has 0 amide bonds. The summed E-state index contributed by atoms with van der Waals surface area (Å²) in [5.74, 6) is -1.88. The van der Waals surface area contributed by atoms with Gasteiger partial charge in [0, 0.05) is 16.2 Å². The van der Waals surface area contributed by atoms with Crippen molar-refractivity contribution in [3.63, 3.8) is 0 Å². The van der Waals surface area contributed by atoms with Gasteiger partial charge in [0.25, 0.3) is 0 Å². The van der Waals surface area contributed by atoms with E-state index in [2.05, 4.69) is 0 Å². The maximum Gasteiger partial charge on any atom is 0.340 e. The van der Waals surface area contributed by atoms with Crippen LogP contribution in [0.5, 0.6) is 0 Å². The lowest BCUT2D eigenvalue weighted by Gasteiger charge is -2.23. The summed E-state index contributed by atoms with van der Waals surface area (Å²) in [7, 11) is -14.0. The molecule has 17 heteroatoms. The van der Waals surface area contributed by atoms with E-state index in [9.17, 15) is 27.8 Å². The summed E-state index contributed by atoms with van der Waals surface area (Å²) < 4.78 is 83.4. The zero-order valence-electron chi connectivity index (χ0n) is 27.4. The molecule has 0 aliphatic heterocycles. The molecule has 46 heavy (non-hydrogen) atoms. The normalized spacial score (nSPS) is 14.4. The summed E-state index contributed by atoms with van der Waals surface area (Å²) in [4.78, 5) is 22.2. The Morgan fingerprint density at radius 3 is 1.04 bits per heavy atom. The van der Waals surface area contributed by atoms with E-state index in [1.807, 2.05) is 0 Å². The average molecular weight is 727 g/mol. The van der Waals surface area contributed by atoms with Crippen molar-refractivity contribution in [1.29, 1.82) is 0 Å². The van der Waals surface area contributed by atoms with E-state index in [1.165, 1.54) is 31.2 Å². The number of ketones is 1. The number of benzene rings is 2. The van der Waals surface area contributed by atoms with E-state index >= 15 is 0 Å². The molecule has 2 aromatic carbocycles. The molecule has 0 spiro atoms. The van der Waals surface area contributed by atoms with Crippen LogP contribution in [0.2, 0.25) is 0 Å². The van der Waals surface area contributed by atoms with Crippen molar-refractivity contribution in [2.75, 3.05) is 51.4 Å². The number of carboxylic acids is 1. The molecule has 0 bridgehead atoms. The van der Waals surface area contributed by atoms with Gasteiger partial charge in [-0.2, -0.15) is 0 Å². The molecule has 260 valence electrons. The second-order valence-electron chi connectivity index (χ2n) is 9.31. The van der Waals surface area contributed by atoms with Crippen LogP contribution in [-0.4, -0.2) is 68.3 Å². The van der Waals surface area contributed by atoms with Crippen LogP contribution in [-0.2, 0) is 45.4 Å². The van der Waals surface area contributed by atoms with E-state index in [0.717, 1.165) is 0 Å². The van der Waals surface area contributed by atoms with Crippen molar-refractivity contribution in [3.8, 4) is 0 Å². The van der Waals surface area contributed by atoms with Crippen LogP contribution in [0.25, 0.3) is 0 Å². The second kappa shape index (κ2) is 19.9. The molecular weight excluding hydrogens is 680 g/mol. The standard InChI is InChI=1S/C15H24O6P2.C14H22O7P2/c1-5-19-22(17,12-23(18,20-6-2)21-7-3)15-10-8-14(9-11-15)13(4)16;1-4-19-22(17,11-23(18,20-5-2)21-6-3)13-9-7-12(8-10-13)14(15)16/h8-11H,5-7,12H2,1-4H3;7-10H,4-6,11H2,1-3H3,(H,15,16). The zero-order valence-corrected chi connectivity index (χ0v) is 31.0. The molecule has 0 aliphatic carbocycles. The average Bonchev–Trinajstić information content (AvgIpc) is 2.98. The van der Waals surface area contributed by atoms with Crippen LogP contribution in [0.15, 0.2) is 48.5 Å². The molecule has 2 aromatic rings. The third-order valence-electron chi connectivity index (χ3n) is 5.87. The van der Waals surface area contributed by atoms with Gasteiger partial charge in [0.1, 0.15) is 11.8 Å². The highest BCUT2D eigenvalue weighted by Gasteiger charge is 2.39. The third kappa shape index (κ3) is 13.0. The van der Waals surface area contributed by atoms with Gasteiger partial charge in [-0.15, -0.1) is 0 Å². The molecule has 0 aromatic heterocycles. The van der Waals surface area contributed by atoms with Crippen molar-refractivity contribution in [1.82, 2.24) is 0 Å². The first-order chi connectivity index (χ1) is 21.6. The van der Waals surface area contributed by atoms with E-state index in [1.54, 1.807) is 65.8 Å². The van der Waals surface area contributed by atoms with Crippen molar-refractivity contribution in [2.45, 2.75) is 48.5 Å². The van der Waals surface area contributed by atoms with E-state index in [4.69, 9.17) is 32.2 Å². The SMILES string of the molecule is CCOP(=O)(CP(=O)(OCC)c1ccc(C(=O)O)cc1)OCC.CCOP(=O)(CP(=O)(OCC)c1ccc(C(C)=O)cc1)OCC. The first-order valence-corrected chi connectivity index (χ1v) is 21.9. The maximum atomic E-state index is 13.2. The van der Waals surface area contributed by atoms with Crippen molar-refractivity contribution in [3.05, 3.63) is 59.7 Å². The third-order valence-corrected chi connectivity index (χ3v) is 17.7. The Bertz CT molecular complexity index is 1310. The number of hydrogen-bond acceptors (Lipinski definition) is 12. The largest absolute Gasteiger partial charge is 0.478 e. The molecule has 0 radical (unpaired) electrons. The Kier molecular flexibility index (Phi) is 18.3. The fourth-order valence-electron chi connectivity index (χ4n) is 4.05. The quantitative estimate of drug-likeness (QED) is 0.104. The number of carbonyl (C=O) groups excluding carboxylic acids is 1. The minimum Gasteiger partial charge on any atom is -0.478 e.